The van der Waals surface area contributed by atoms with Gasteiger partial charge in [-0.3, -0.25) is 0 Å². The Balaban J connectivity index is 2.97. The molecule has 1 rings (SSSR count). The van der Waals surface area contributed by atoms with Crippen molar-refractivity contribution < 1.29 is 4.39 Å². The Morgan fingerprint density at radius 2 is 1.81 bits per heavy atom. The fraction of sp³-hybridized carbons (Fsp3) is 0.429. The molecule has 0 aromatic heterocycles. The minimum absolute atomic E-state index is 0.183. The Hall–Kier alpha value is -1.31. The number of nitrogens with zero attached hydrogens (tertiary/aromatic N) is 1. The molecule has 0 unspecified atom stereocenters. The highest BCUT2D eigenvalue weighted by molar-refractivity contribution is 5.51. The second-order valence-electron chi connectivity index (χ2n) is 3.68. The Labute approximate surface area is 97.6 Å². The summed E-state index contributed by atoms with van der Waals surface area (Å²) in [6, 6.07) is 6.68. The minimum Gasteiger partial charge on any atom is -0.346 e. The zero-order valence-corrected chi connectivity index (χ0v) is 10.3. The predicted molar refractivity (Wildman–Crippen MR) is 68.1 cm³/mol. The molecule has 16 heavy (non-hydrogen) atoms. The molecule has 1 nitrogen and oxygen atoms in total. The molecule has 0 aliphatic carbocycles. The first-order valence-corrected chi connectivity index (χ1v) is 5.95. The van der Waals surface area contributed by atoms with Gasteiger partial charge in [0.25, 0.3) is 0 Å². The topological polar surface area (TPSA) is 3.24 Å². The van der Waals surface area contributed by atoms with E-state index in [2.05, 4.69) is 31.7 Å². The lowest BCUT2D eigenvalue weighted by Gasteiger charge is -2.25. The van der Waals surface area contributed by atoms with Gasteiger partial charge in [0.2, 0.25) is 0 Å². The normalized spacial score (nSPS) is 11.6. The van der Waals surface area contributed by atoms with E-state index < -0.39 is 0 Å². The van der Waals surface area contributed by atoms with E-state index in [0.717, 1.165) is 25.1 Å². The maximum Gasteiger partial charge on any atom is 0.123 e. The number of anilines is 1. The molecule has 0 heterocycles. The average Bonchev–Trinajstić information content (AvgIpc) is 2.31. The standard InChI is InChI=1S/C14H20FN/c1-4-7-13(5-2)16(6-3)14-10-8-12(15)9-11-14/h7-11H,4-6H2,1-3H3/b13-7+. The van der Waals surface area contributed by atoms with Crippen molar-refractivity contribution in [3.05, 3.63) is 41.9 Å². The van der Waals surface area contributed by atoms with Crippen LogP contribution in [0.5, 0.6) is 0 Å². The number of allylic oxidation sites excluding steroid dienone is 2. The van der Waals surface area contributed by atoms with Gasteiger partial charge in [0.15, 0.2) is 0 Å². The molecule has 0 aliphatic heterocycles. The van der Waals surface area contributed by atoms with Crippen molar-refractivity contribution in [2.45, 2.75) is 33.6 Å². The molecular formula is C14H20FN. The fourth-order valence-electron chi connectivity index (χ4n) is 1.85. The average molecular weight is 221 g/mol. The number of hydrogen-bond acceptors (Lipinski definition) is 1. The summed E-state index contributed by atoms with van der Waals surface area (Å²) >= 11 is 0. The van der Waals surface area contributed by atoms with E-state index in [1.165, 1.54) is 17.8 Å². The molecule has 0 atom stereocenters. The number of rotatable bonds is 5. The highest BCUT2D eigenvalue weighted by atomic mass is 19.1. The lowest BCUT2D eigenvalue weighted by Crippen LogP contribution is -2.21. The van der Waals surface area contributed by atoms with Crippen LogP contribution in [0.25, 0.3) is 0 Å². The van der Waals surface area contributed by atoms with Gasteiger partial charge in [-0.05, 0) is 44.0 Å². The smallest absolute Gasteiger partial charge is 0.123 e. The minimum atomic E-state index is -0.183. The van der Waals surface area contributed by atoms with E-state index in [0.29, 0.717) is 0 Å². The van der Waals surface area contributed by atoms with Gasteiger partial charge in [0, 0.05) is 17.9 Å². The molecule has 0 bridgehead atoms. The zero-order chi connectivity index (χ0) is 12.0. The van der Waals surface area contributed by atoms with Crippen molar-refractivity contribution >= 4 is 5.69 Å². The molecule has 0 aliphatic rings. The van der Waals surface area contributed by atoms with E-state index >= 15 is 0 Å². The molecule has 0 radical (unpaired) electrons. The molecule has 0 saturated carbocycles. The summed E-state index contributed by atoms with van der Waals surface area (Å²) < 4.78 is 12.9. The van der Waals surface area contributed by atoms with Crippen molar-refractivity contribution in [1.82, 2.24) is 0 Å². The molecular weight excluding hydrogens is 201 g/mol. The van der Waals surface area contributed by atoms with Crippen molar-refractivity contribution in [2.75, 3.05) is 11.4 Å². The molecule has 2 heteroatoms. The van der Waals surface area contributed by atoms with Crippen LogP contribution in [0.4, 0.5) is 10.1 Å². The Morgan fingerprint density at radius 3 is 2.25 bits per heavy atom. The van der Waals surface area contributed by atoms with Crippen LogP contribution in [0.15, 0.2) is 36.0 Å². The fourth-order valence-corrected chi connectivity index (χ4v) is 1.85. The molecule has 0 amide bonds. The van der Waals surface area contributed by atoms with Gasteiger partial charge < -0.3 is 4.90 Å². The maximum absolute atomic E-state index is 12.9. The first-order valence-electron chi connectivity index (χ1n) is 5.95. The van der Waals surface area contributed by atoms with Gasteiger partial charge >= 0.3 is 0 Å². The number of hydrogen-bond donors (Lipinski definition) is 0. The van der Waals surface area contributed by atoms with E-state index in [4.69, 9.17) is 0 Å². The van der Waals surface area contributed by atoms with Gasteiger partial charge in [-0.15, -0.1) is 0 Å². The van der Waals surface area contributed by atoms with Crippen LogP contribution >= 0.6 is 0 Å². The van der Waals surface area contributed by atoms with Crippen molar-refractivity contribution in [2.24, 2.45) is 0 Å². The summed E-state index contributed by atoms with van der Waals surface area (Å²) in [6.07, 6.45) is 4.26. The van der Waals surface area contributed by atoms with Crippen LogP contribution in [-0.2, 0) is 0 Å². The summed E-state index contributed by atoms with van der Waals surface area (Å²) in [5.41, 5.74) is 2.36. The van der Waals surface area contributed by atoms with Gasteiger partial charge in [-0.1, -0.05) is 19.9 Å². The molecule has 0 N–H and O–H groups in total. The third kappa shape index (κ3) is 3.09. The lowest BCUT2D eigenvalue weighted by atomic mass is 10.2. The van der Waals surface area contributed by atoms with E-state index in [9.17, 15) is 4.39 Å². The summed E-state index contributed by atoms with van der Waals surface area (Å²) in [4.78, 5) is 2.23. The Kier molecular flexibility index (Phi) is 5.03. The third-order valence-electron chi connectivity index (χ3n) is 2.60. The van der Waals surface area contributed by atoms with Crippen LogP contribution in [0.2, 0.25) is 0 Å². The van der Waals surface area contributed by atoms with Gasteiger partial charge in [-0.2, -0.15) is 0 Å². The molecule has 0 saturated heterocycles. The largest absolute Gasteiger partial charge is 0.346 e. The first kappa shape index (κ1) is 12.8. The summed E-state index contributed by atoms with van der Waals surface area (Å²) in [5, 5.41) is 0. The maximum atomic E-state index is 12.9. The Morgan fingerprint density at radius 1 is 1.19 bits per heavy atom. The Bertz CT molecular complexity index is 340. The molecule has 1 aromatic rings. The van der Waals surface area contributed by atoms with Crippen LogP contribution in [-0.4, -0.2) is 6.54 Å². The van der Waals surface area contributed by atoms with Crippen LogP contribution in [0.3, 0.4) is 0 Å². The lowest BCUT2D eigenvalue weighted by molar-refractivity contribution is 0.627. The summed E-state index contributed by atoms with van der Waals surface area (Å²) in [7, 11) is 0. The van der Waals surface area contributed by atoms with E-state index in [-0.39, 0.29) is 5.82 Å². The first-order chi connectivity index (χ1) is 7.72. The predicted octanol–water partition coefficient (Wildman–Crippen LogP) is 4.36. The van der Waals surface area contributed by atoms with Crippen LogP contribution < -0.4 is 4.90 Å². The second-order valence-corrected chi connectivity index (χ2v) is 3.68. The van der Waals surface area contributed by atoms with Crippen molar-refractivity contribution in [3.8, 4) is 0 Å². The highest BCUT2D eigenvalue weighted by Gasteiger charge is 2.07. The quantitative estimate of drug-likeness (QED) is 0.714. The second kappa shape index (κ2) is 6.31. The zero-order valence-electron chi connectivity index (χ0n) is 10.3. The monoisotopic (exact) mass is 221 g/mol. The summed E-state index contributed by atoms with van der Waals surface area (Å²) in [5.74, 6) is -0.183. The third-order valence-corrected chi connectivity index (χ3v) is 2.60. The van der Waals surface area contributed by atoms with Crippen molar-refractivity contribution in [3.63, 3.8) is 0 Å². The number of benzene rings is 1. The number of halogens is 1. The van der Waals surface area contributed by atoms with Crippen LogP contribution in [0, 0.1) is 5.82 Å². The van der Waals surface area contributed by atoms with Crippen molar-refractivity contribution in [1.29, 1.82) is 0 Å². The molecule has 88 valence electrons. The highest BCUT2D eigenvalue weighted by Crippen LogP contribution is 2.21. The van der Waals surface area contributed by atoms with E-state index in [1.54, 1.807) is 0 Å². The van der Waals surface area contributed by atoms with Gasteiger partial charge in [-0.25, -0.2) is 4.39 Å². The van der Waals surface area contributed by atoms with Crippen LogP contribution in [0.1, 0.15) is 33.6 Å². The van der Waals surface area contributed by atoms with Gasteiger partial charge in [0.1, 0.15) is 5.82 Å². The summed E-state index contributed by atoms with van der Waals surface area (Å²) in [6.45, 7) is 7.30. The molecule has 1 aromatic carbocycles. The molecule has 0 fully saturated rings. The van der Waals surface area contributed by atoms with Gasteiger partial charge in [0.05, 0.1) is 0 Å². The van der Waals surface area contributed by atoms with E-state index in [1.807, 2.05) is 12.1 Å². The molecule has 0 spiro atoms. The SMILES string of the molecule is CC/C=C(\CC)N(CC)c1ccc(F)cc1.